The van der Waals surface area contributed by atoms with Gasteiger partial charge in [0.1, 0.15) is 5.75 Å². The van der Waals surface area contributed by atoms with E-state index in [0.717, 1.165) is 36.1 Å². The van der Waals surface area contributed by atoms with Crippen molar-refractivity contribution in [3.05, 3.63) is 29.3 Å². The van der Waals surface area contributed by atoms with Crippen molar-refractivity contribution in [1.29, 1.82) is 0 Å². The molecule has 0 fully saturated rings. The highest BCUT2D eigenvalue weighted by molar-refractivity contribution is 7.99. The zero-order valence-electron chi connectivity index (χ0n) is 9.49. The largest absolute Gasteiger partial charge is 0.494 e. The standard InChI is InChI=1S/C12H18ClNOS/c1-10(9-14)16-8-2-7-15-12-5-3-11(13)4-6-12/h3-6,10H,2,7-9,14H2,1H3. The first kappa shape index (κ1) is 13.7. The first-order chi connectivity index (χ1) is 7.72. The molecule has 1 rings (SSSR count). The van der Waals surface area contributed by atoms with E-state index in [2.05, 4.69) is 6.92 Å². The summed E-state index contributed by atoms with van der Waals surface area (Å²) in [7, 11) is 0. The summed E-state index contributed by atoms with van der Waals surface area (Å²) in [5.74, 6) is 1.97. The monoisotopic (exact) mass is 259 g/mol. The van der Waals surface area contributed by atoms with Crippen molar-refractivity contribution in [2.75, 3.05) is 18.9 Å². The highest BCUT2D eigenvalue weighted by Crippen LogP contribution is 2.16. The quantitative estimate of drug-likeness (QED) is 0.764. The van der Waals surface area contributed by atoms with Gasteiger partial charge in [-0.25, -0.2) is 0 Å². The molecule has 16 heavy (non-hydrogen) atoms. The third-order valence-electron chi connectivity index (χ3n) is 2.11. The molecule has 0 saturated heterocycles. The van der Waals surface area contributed by atoms with E-state index in [0.29, 0.717) is 5.25 Å². The van der Waals surface area contributed by atoms with Crippen molar-refractivity contribution in [3.63, 3.8) is 0 Å². The minimum atomic E-state index is 0.538. The predicted octanol–water partition coefficient (Wildman–Crippen LogP) is 3.19. The van der Waals surface area contributed by atoms with Gasteiger partial charge in [-0.2, -0.15) is 11.8 Å². The molecular formula is C12H18ClNOS. The average molecular weight is 260 g/mol. The lowest BCUT2D eigenvalue weighted by Crippen LogP contribution is -2.13. The van der Waals surface area contributed by atoms with Crippen molar-refractivity contribution in [1.82, 2.24) is 0 Å². The van der Waals surface area contributed by atoms with Crippen LogP contribution in [0.1, 0.15) is 13.3 Å². The van der Waals surface area contributed by atoms with E-state index in [1.165, 1.54) is 0 Å². The molecule has 0 aliphatic heterocycles. The molecule has 0 bridgehead atoms. The van der Waals surface area contributed by atoms with E-state index >= 15 is 0 Å². The van der Waals surface area contributed by atoms with E-state index in [9.17, 15) is 0 Å². The Hall–Kier alpha value is -0.380. The molecule has 0 amide bonds. The van der Waals surface area contributed by atoms with Crippen LogP contribution in [0.4, 0.5) is 0 Å². The molecule has 0 heterocycles. The summed E-state index contributed by atoms with van der Waals surface area (Å²) in [4.78, 5) is 0. The molecule has 0 aliphatic carbocycles. The molecule has 1 unspecified atom stereocenters. The second-order valence-corrected chi connectivity index (χ2v) is 5.56. The van der Waals surface area contributed by atoms with Crippen LogP contribution >= 0.6 is 23.4 Å². The highest BCUT2D eigenvalue weighted by atomic mass is 35.5. The molecule has 0 radical (unpaired) electrons. The smallest absolute Gasteiger partial charge is 0.119 e. The lowest BCUT2D eigenvalue weighted by Gasteiger charge is -2.08. The Kier molecular flexibility index (Phi) is 6.69. The van der Waals surface area contributed by atoms with Crippen LogP contribution in [0.5, 0.6) is 5.75 Å². The van der Waals surface area contributed by atoms with Crippen LogP contribution in [0.15, 0.2) is 24.3 Å². The summed E-state index contributed by atoms with van der Waals surface area (Å²) in [6, 6.07) is 7.44. The summed E-state index contributed by atoms with van der Waals surface area (Å²) in [6.45, 7) is 3.62. The van der Waals surface area contributed by atoms with Crippen LogP contribution in [-0.4, -0.2) is 24.2 Å². The first-order valence-corrected chi connectivity index (χ1v) is 6.85. The topological polar surface area (TPSA) is 35.2 Å². The SMILES string of the molecule is CC(CN)SCCCOc1ccc(Cl)cc1. The Balaban J connectivity index is 2.09. The molecule has 1 aromatic rings. The van der Waals surface area contributed by atoms with Gasteiger partial charge >= 0.3 is 0 Å². The number of hydrogen-bond donors (Lipinski definition) is 1. The van der Waals surface area contributed by atoms with Crippen molar-refractivity contribution in [3.8, 4) is 5.75 Å². The van der Waals surface area contributed by atoms with Crippen LogP contribution in [-0.2, 0) is 0 Å². The predicted molar refractivity (Wildman–Crippen MR) is 72.5 cm³/mol. The summed E-state index contributed by atoms with van der Waals surface area (Å²) >= 11 is 7.66. The van der Waals surface area contributed by atoms with E-state index in [-0.39, 0.29) is 0 Å². The highest BCUT2D eigenvalue weighted by Gasteiger charge is 1.99. The second-order valence-electron chi connectivity index (χ2n) is 3.57. The fraction of sp³-hybridized carbons (Fsp3) is 0.500. The van der Waals surface area contributed by atoms with Crippen molar-refractivity contribution >= 4 is 23.4 Å². The number of thioether (sulfide) groups is 1. The molecule has 2 nitrogen and oxygen atoms in total. The lowest BCUT2D eigenvalue weighted by atomic mass is 10.3. The zero-order valence-corrected chi connectivity index (χ0v) is 11.1. The third-order valence-corrected chi connectivity index (χ3v) is 3.64. The molecule has 0 spiro atoms. The van der Waals surface area contributed by atoms with Crippen LogP contribution in [0.3, 0.4) is 0 Å². The maximum absolute atomic E-state index is 5.78. The summed E-state index contributed by atoms with van der Waals surface area (Å²) in [5, 5.41) is 1.27. The van der Waals surface area contributed by atoms with Crippen molar-refractivity contribution in [2.24, 2.45) is 5.73 Å². The van der Waals surface area contributed by atoms with E-state index < -0.39 is 0 Å². The van der Waals surface area contributed by atoms with Gasteiger partial charge < -0.3 is 10.5 Å². The Morgan fingerprint density at radius 3 is 2.69 bits per heavy atom. The van der Waals surface area contributed by atoms with Gasteiger partial charge in [-0.15, -0.1) is 0 Å². The molecule has 1 atom stereocenters. The maximum Gasteiger partial charge on any atom is 0.119 e. The van der Waals surface area contributed by atoms with Crippen molar-refractivity contribution < 1.29 is 4.74 Å². The minimum Gasteiger partial charge on any atom is -0.494 e. The fourth-order valence-corrected chi connectivity index (χ4v) is 2.08. The zero-order chi connectivity index (χ0) is 11.8. The summed E-state index contributed by atoms with van der Waals surface area (Å²) in [6.07, 6.45) is 1.04. The van der Waals surface area contributed by atoms with Gasteiger partial charge in [-0.3, -0.25) is 0 Å². The van der Waals surface area contributed by atoms with Crippen LogP contribution in [0.25, 0.3) is 0 Å². The van der Waals surface area contributed by atoms with Gasteiger partial charge in [-0.1, -0.05) is 18.5 Å². The number of nitrogens with two attached hydrogens (primary N) is 1. The molecule has 2 N–H and O–H groups in total. The molecule has 0 aliphatic rings. The van der Waals surface area contributed by atoms with Gasteiger partial charge in [0.15, 0.2) is 0 Å². The van der Waals surface area contributed by atoms with Crippen molar-refractivity contribution in [2.45, 2.75) is 18.6 Å². The van der Waals surface area contributed by atoms with Crippen LogP contribution in [0, 0.1) is 0 Å². The molecule has 1 aromatic carbocycles. The fourth-order valence-electron chi connectivity index (χ4n) is 1.13. The van der Waals surface area contributed by atoms with E-state index in [1.807, 2.05) is 36.0 Å². The second kappa shape index (κ2) is 7.82. The Labute approximate surface area is 107 Å². The average Bonchev–Trinajstić information content (AvgIpc) is 2.31. The molecule has 0 aromatic heterocycles. The van der Waals surface area contributed by atoms with Crippen LogP contribution in [0.2, 0.25) is 5.02 Å². The number of halogens is 1. The normalized spacial score (nSPS) is 12.4. The van der Waals surface area contributed by atoms with Gasteiger partial charge in [-0.05, 0) is 36.4 Å². The summed E-state index contributed by atoms with van der Waals surface area (Å²) < 4.78 is 5.57. The Morgan fingerprint density at radius 2 is 2.06 bits per heavy atom. The maximum atomic E-state index is 5.78. The molecular weight excluding hydrogens is 242 g/mol. The number of benzene rings is 1. The van der Waals surface area contributed by atoms with Gasteiger partial charge in [0.05, 0.1) is 6.61 Å². The number of rotatable bonds is 7. The molecule has 4 heteroatoms. The number of hydrogen-bond acceptors (Lipinski definition) is 3. The number of ether oxygens (including phenoxy) is 1. The van der Waals surface area contributed by atoms with Gasteiger partial charge in [0.2, 0.25) is 0 Å². The summed E-state index contributed by atoms with van der Waals surface area (Å²) in [5.41, 5.74) is 5.53. The third kappa shape index (κ3) is 5.64. The molecule has 0 saturated carbocycles. The van der Waals surface area contributed by atoms with E-state index in [1.54, 1.807) is 0 Å². The van der Waals surface area contributed by atoms with Gasteiger partial charge in [0, 0.05) is 16.8 Å². The molecule has 90 valence electrons. The minimum absolute atomic E-state index is 0.538. The van der Waals surface area contributed by atoms with Gasteiger partial charge in [0.25, 0.3) is 0 Å². The van der Waals surface area contributed by atoms with Crippen LogP contribution < -0.4 is 10.5 Å². The first-order valence-electron chi connectivity index (χ1n) is 5.42. The lowest BCUT2D eigenvalue weighted by molar-refractivity contribution is 0.318. The Morgan fingerprint density at radius 1 is 1.38 bits per heavy atom. The van der Waals surface area contributed by atoms with E-state index in [4.69, 9.17) is 22.1 Å². The Bertz CT molecular complexity index is 292.